The number of phenols is 1. The second-order valence-electron chi connectivity index (χ2n) is 7.66. The SMILES string of the molecule is COc1ccc(N2C(=O)/C(=C/c3cc(N=Nc4cccc5ccccc45)ccc3O)SC2=S)cc1. The van der Waals surface area contributed by atoms with Gasteiger partial charge in [0.05, 0.1) is 29.1 Å². The van der Waals surface area contributed by atoms with Crippen LogP contribution in [0.3, 0.4) is 0 Å². The summed E-state index contributed by atoms with van der Waals surface area (Å²) in [5, 5.41) is 21.3. The van der Waals surface area contributed by atoms with Gasteiger partial charge in [-0.05, 0) is 60.0 Å². The van der Waals surface area contributed by atoms with E-state index in [2.05, 4.69) is 10.2 Å². The van der Waals surface area contributed by atoms with Crippen LogP contribution in [0.25, 0.3) is 16.8 Å². The van der Waals surface area contributed by atoms with Crippen LogP contribution in [0.1, 0.15) is 5.56 Å². The van der Waals surface area contributed by atoms with E-state index in [9.17, 15) is 9.90 Å². The van der Waals surface area contributed by atoms with Gasteiger partial charge in [-0.25, -0.2) is 0 Å². The number of rotatable bonds is 5. The minimum Gasteiger partial charge on any atom is -0.507 e. The molecule has 0 atom stereocenters. The van der Waals surface area contributed by atoms with Gasteiger partial charge < -0.3 is 9.84 Å². The van der Waals surface area contributed by atoms with Crippen molar-refractivity contribution in [2.75, 3.05) is 12.0 Å². The fourth-order valence-corrected chi connectivity index (χ4v) is 4.98. The van der Waals surface area contributed by atoms with Crippen molar-refractivity contribution < 1.29 is 14.6 Å². The van der Waals surface area contributed by atoms with E-state index < -0.39 is 0 Å². The maximum atomic E-state index is 13.1. The first kappa shape index (κ1) is 22.8. The van der Waals surface area contributed by atoms with Crippen molar-refractivity contribution in [3.63, 3.8) is 0 Å². The quantitative estimate of drug-likeness (QED) is 0.177. The Hall–Kier alpha value is -4.01. The number of fused-ring (bicyclic) bond motifs is 1. The molecule has 5 rings (SSSR count). The number of ether oxygens (including phenoxy) is 1. The zero-order chi connectivity index (χ0) is 24.4. The molecule has 172 valence electrons. The number of anilines is 1. The van der Waals surface area contributed by atoms with Gasteiger partial charge in [0.2, 0.25) is 0 Å². The Morgan fingerprint density at radius 2 is 1.74 bits per heavy atom. The highest BCUT2D eigenvalue weighted by Gasteiger charge is 2.33. The summed E-state index contributed by atoms with van der Waals surface area (Å²) in [7, 11) is 1.58. The monoisotopic (exact) mass is 497 g/mol. The summed E-state index contributed by atoms with van der Waals surface area (Å²) >= 11 is 6.63. The topological polar surface area (TPSA) is 74.5 Å². The zero-order valence-corrected chi connectivity index (χ0v) is 20.2. The van der Waals surface area contributed by atoms with Gasteiger partial charge in [0.1, 0.15) is 11.5 Å². The third-order valence-corrected chi connectivity index (χ3v) is 6.76. The van der Waals surface area contributed by atoms with E-state index >= 15 is 0 Å². The molecule has 0 aromatic heterocycles. The van der Waals surface area contributed by atoms with Crippen LogP contribution in [0.5, 0.6) is 11.5 Å². The zero-order valence-electron chi connectivity index (χ0n) is 18.6. The number of hydrogen-bond donors (Lipinski definition) is 1. The van der Waals surface area contributed by atoms with Crippen molar-refractivity contribution in [1.82, 2.24) is 0 Å². The van der Waals surface area contributed by atoms with Crippen LogP contribution in [-0.4, -0.2) is 22.4 Å². The molecule has 1 amide bonds. The number of carbonyl (C=O) groups is 1. The minimum atomic E-state index is -0.257. The smallest absolute Gasteiger partial charge is 0.270 e. The van der Waals surface area contributed by atoms with Gasteiger partial charge >= 0.3 is 0 Å². The Balaban J connectivity index is 1.42. The normalized spacial score (nSPS) is 15.0. The summed E-state index contributed by atoms with van der Waals surface area (Å²) in [6, 6.07) is 25.8. The molecule has 6 nitrogen and oxygen atoms in total. The first-order valence-electron chi connectivity index (χ1n) is 10.7. The highest BCUT2D eigenvalue weighted by Crippen LogP contribution is 2.38. The van der Waals surface area contributed by atoms with Crippen molar-refractivity contribution in [2.24, 2.45) is 10.2 Å². The lowest BCUT2D eigenvalue weighted by Gasteiger charge is -2.14. The molecular formula is C27H19N3O3S2. The van der Waals surface area contributed by atoms with E-state index in [1.807, 2.05) is 42.5 Å². The molecule has 1 heterocycles. The Bertz CT molecular complexity index is 1510. The number of amides is 1. The molecule has 1 aliphatic heterocycles. The van der Waals surface area contributed by atoms with E-state index in [-0.39, 0.29) is 11.7 Å². The van der Waals surface area contributed by atoms with Crippen LogP contribution >= 0.6 is 24.0 Å². The molecule has 35 heavy (non-hydrogen) atoms. The standard InChI is InChI=1S/C27H19N3O3S2/c1-33-21-12-10-20(11-13-21)30-26(32)25(35-27(30)34)16-18-15-19(9-14-24(18)31)28-29-23-8-4-6-17-5-2-3-7-22(17)23/h2-16,31H,1H3/b25-16-,29-28?. The molecule has 1 fully saturated rings. The number of benzene rings is 4. The summed E-state index contributed by atoms with van der Waals surface area (Å²) in [5.41, 5.74) is 2.40. The van der Waals surface area contributed by atoms with Gasteiger partial charge in [0.15, 0.2) is 4.32 Å². The van der Waals surface area contributed by atoms with Crippen LogP contribution in [0, 0.1) is 0 Å². The van der Waals surface area contributed by atoms with Crippen LogP contribution in [0.4, 0.5) is 17.1 Å². The van der Waals surface area contributed by atoms with E-state index in [0.717, 1.165) is 16.5 Å². The number of phenolic OH excluding ortho intramolecular Hbond substituents is 1. The fraction of sp³-hybridized carbons (Fsp3) is 0.0370. The first-order chi connectivity index (χ1) is 17.0. The largest absolute Gasteiger partial charge is 0.507 e. The lowest BCUT2D eigenvalue weighted by atomic mass is 10.1. The number of thioether (sulfide) groups is 1. The first-order valence-corrected chi connectivity index (χ1v) is 11.9. The van der Waals surface area contributed by atoms with E-state index in [1.165, 1.54) is 22.7 Å². The highest BCUT2D eigenvalue weighted by atomic mass is 32.2. The highest BCUT2D eigenvalue weighted by molar-refractivity contribution is 8.27. The van der Waals surface area contributed by atoms with Crippen LogP contribution in [0.15, 0.2) is 100 Å². The number of methoxy groups -OCH3 is 1. The number of nitrogens with zero attached hydrogens (tertiary/aromatic N) is 3. The Morgan fingerprint density at radius 3 is 2.54 bits per heavy atom. The maximum Gasteiger partial charge on any atom is 0.270 e. The maximum absolute atomic E-state index is 13.1. The summed E-state index contributed by atoms with van der Waals surface area (Å²) in [4.78, 5) is 15.0. The molecule has 1 N–H and O–H groups in total. The van der Waals surface area contributed by atoms with Crippen molar-refractivity contribution in [3.05, 3.63) is 95.4 Å². The predicted octanol–water partition coefficient (Wildman–Crippen LogP) is 7.38. The van der Waals surface area contributed by atoms with E-state index in [0.29, 0.717) is 31.9 Å². The summed E-state index contributed by atoms with van der Waals surface area (Å²) in [5.74, 6) is 0.463. The number of azo groups is 1. The van der Waals surface area contributed by atoms with E-state index in [4.69, 9.17) is 17.0 Å². The molecule has 0 radical (unpaired) electrons. The van der Waals surface area contributed by atoms with Crippen molar-refractivity contribution >= 4 is 68.1 Å². The number of aromatic hydroxyl groups is 1. The predicted molar refractivity (Wildman–Crippen MR) is 145 cm³/mol. The Kier molecular flexibility index (Phi) is 6.31. The van der Waals surface area contributed by atoms with Gasteiger partial charge in [-0.3, -0.25) is 9.69 Å². The van der Waals surface area contributed by atoms with Gasteiger partial charge in [-0.2, -0.15) is 5.11 Å². The van der Waals surface area contributed by atoms with E-state index in [1.54, 1.807) is 49.6 Å². The molecule has 0 aliphatic carbocycles. The molecule has 1 saturated heterocycles. The van der Waals surface area contributed by atoms with Crippen molar-refractivity contribution in [2.45, 2.75) is 0 Å². The summed E-state index contributed by atoms with van der Waals surface area (Å²) < 4.78 is 5.60. The summed E-state index contributed by atoms with van der Waals surface area (Å²) in [6.07, 6.45) is 1.62. The second-order valence-corrected chi connectivity index (χ2v) is 9.33. The molecule has 4 aromatic carbocycles. The fourth-order valence-electron chi connectivity index (χ4n) is 3.69. The van der Waals surface area contributed by atoms with Crippen LogP contribution in [-0.2, 0) is 4.79 Å². The Morgan fingerprint density at radius 1 is 0.971 bits per heavy atom. The van der Waals surface area contributed by atoms with Gasteiger partial charge in [0.25, 0.3) is 5.91 Å². The molecule has 0 unspecified atom stereocenters. The van der Waals surface area contributed by atoms with Gasteiger partial charge in [-0.1, -0.05) is 60.4 Å². The number of hydrogen-bond acceptors (Lipinski definition) is 7. The number of thiocarbonyl (C=S) groups is 1. The van der Waals surface area contributed by atoms with Crippen LogP contribution in [0.2, 0.25) is 0 Å². The minimum absolute atomic E-state index is 0.0313. The molecule has 1 aliphatic rings. The van der Waals surface area contributed by atoms with Gasteiger partial charge in [-0.15, -0.1) is 5.11 Å². The second kappa shape index (κ2) is 9.69. The lowest BCUT2D eigenvalue weighted by molar-refractivity contribution is -0.113. The van der Waals surface area contributed by atoms with Crippen molar-refractivity contribution in [1.29, 1.82) is 0 Å². The average Bonchev–Trinajstić information content (AvgIpc) is 3.16. The third-order valence-electron chi connectivity index (χ3n) is 5.46. The van der Waals surface area contributed by atoms with Crippen LogP contribution < -0.4 is 9.64 Å². The molecular weight excluding hydrogens is 478 g/mol. The summed E-state index contributed by atoms with van der Waals surface area (Å²) in [6.45, 7) is 0. The average molecular weight is 498 g/mol. The Labute approximate surface area is 211 Å². The molecule has 0 saturated carbocycles. The molecule has 4 aromatic rings. The molecule has 0 bridgehead atoms. The number of carbonyl (C=O) groups excluding carboxylic acids is 1. The third kappa shape index (κ3) is 4.66. The van der Waals surface area contributed by atoms with Gasteiger partial charge in [0, 0.05) is 10.9 Å². The van der Waals surface area contributed by atoms with Crippen molar-refractivity contribution in [3.8, 4) is 11.5 Å². The molecule has 0 spiro atoms. The lowest BCUT2D eigenvalue weighted by Crippen LogP contribution is -2.27. The molecule has 8 heteroatoms.